The Kier molecular flexibility index (Phi) is 3.04. The predicted molar refractivity (Wildman–Crippen MR) is 67.1 cm³/mol. The molecule has 3 rings (SSSR count). The Balaban J connectivity index is 2.07. The summed E-state index contributed by atoms with van der Waals surface area (Å²) >= 11 is 0. The van der Waals surface area contributed by atoms with E-state index in [0.29, 0.717) is 12.1 Å². The lowest BCUT2D eigenvalue weighted by Gasteiger charge is -2.12. The number of nitrogen functional groups attached to an aromatic ring is 1. The molecule has 3 heterocycles. The number of alkyl halides is 1. The molecule has 1 fully saturated rings. The summed E-state index contributed by atoms with van der Waals surface area (Å²) in [5, 5.41) is 3.60. The number of rotatable bonds is 2. The van der Waals surface area contributed by atoms with E-state index >= 15 is 0 Å². The average molecular weight is 283 g/mol. The van der Waals surface area contributed by atoms with E-state index in [1.807, 2.05) is 6.92 Å². The highest BCUT2D eigenvalue weighted by Gasteiger charge is 2.43. The zero-order valence-corrected chi connectivity index (χ0v) is 11.1. The first-order valence-electron chi connectivity index (χ1n) is 6.49. The molecule has 2 aromatic rings. The normalized spacial score (nSPS) is 30.2. The smallest absolute Gasteiger partial charge is 0.328 e. The second-order valence-corrected chi connectivity index (χ2v) is 4.99. The molecular weight excluding hydrogens is 268 g/mol. The Labute approximate surface area is 114 Å². The van der Waals surface area contributed by atoms with E-state index in [2.05, 4.69) is 15.1 Å². The summed E-state index contributed by atoms with van der Waals surface area (Å²) in [6.45, 7) is 3.73. The maximum absolute atomic E-state index is 14.4. The molecule has 108 valence electrons. The summed E-state index contributed by atoms with van der Waals surface area (Å²) < 4.78 is 34.5. The van der Waals surface area contributed by atoms with Gasteiger partial charge in [-0.15, -0.1) is 5.10 Å². The molecule has 2 aromatic heterocycles. The van der Waals surface area contributed by atoms with E-state index in [0.717, 1.165) is 0 Å². The van der Waals surface area contributed by atoms with Gasteiger partial charge in [-0.05, 0) is 6.42 Å². The van der Waals surface area contributed by atoms with E-state index in [1.54, 1.807) is 6.92 Å². The van der Waals surface area contributed by atoms with Crippen LogP contribution in [0, 0.1) is 12.0 Å². The van der Waals surface area contributed by atoms with Gasteiger partial charge < -0.3 is 10.5 Å². The molecule has 0 aliphatic carbocycles. The highest BCUT2D eigenvalue weighted by Crippen LogP contribution is 2.40. The van der Waals surface area contributed by atoms with Crippen molar-refractivity contribution < 1.29 is 13.5 Å². The van der Waals surface area contributed by atoms with Gasteiger partial charge in [0.25, 0.3) is 0 Å². The molecule has 1 aliphatic heterocycles. The van der Waals surface area contributed by atoms with Gasteiger partial charge in [0, 0.05) is 5.92 Å². The van der Waals surface area contributed by atoms with Crippen LogP contribution in [-0.2, 0) is 4.74 Å². The van der Waals surface area contributed by atoms with Crippen LogP contribution in [0.15, 0.2) is 6.20 Å². The van der Waals surface area contributed by atoms with Crippen molar-refractivity contribution in [2.45, 2.75) is 38.6 Å². The van der Waals surface area contributed by atoms with Crippen molar-refractivity contribution in [2.24, 2.45) is 5.92 Å². The number of hydrogen-bond donors (Lipinski definition) is 1. The van der Waals surface area contributed by atoms with Crippen LogP contribution < -0.4 is 5.73 Å². The number of anilines is 1. The van der Waals surface area contributed by atoms with Crippen LogP contribution in [0.5, 0.6) is 0 Å². The molecule has 0 bridgehead atoms. The van der Waals surface area contributed by atoms with E-state index < -0.39 is 18.4 Å². The van der Waals surface area contributed by atoms with Crippen molar-refractivity contribution in [1.82, 2.24) is 19.6 Å². The van der Waals surface area contributed by atoms with Gasteiger partial charge in [0.15, 0.2) is 11.5 Å². The minimum absolute atomic E-state index is 0.0859. The fourth-order valence-corrected chi connectivity index (χ4v) is 2.66. The van der Waals surface area contributed by atoms with Crippen LogP contribution in [0.4, 0.5) is 14.6 Å². The van der Waals surface area contributed by atoms with Crippen LogP contribution in [0.25, 0.3) is 5.65 Å². The van der Waals surface area contributed by atoms with E-state index in [-0.39, 0.29) is 23.5 Å². The maximum Gasteiger partial charge on any atom is 0.328 e. The molecule has 1 aliphatic rings. The van der Waals surface area contributed by atoms with Gasteiger partial charge in [0.1, 0.15) is 12.3 Å². The highest BCUT2D eigenvalue weighted by molar-refractivity contribution is 5.59. The third-order valence-electron chi connectivity index (χ3n) is 3.78. The minimum atomic E-state index is -1.20. The van der Waals surface area contributed by atoms with Gasteiger partial charge in [0.05, 0.1) is 18.0 Å². The fraction of sp³-hybridized carbons (Fsp3) is 0.583. The van der Waals surface area contributed by atoms with Crippen molar-refractivity contribution in [1.29, 1.82) is 0 Å². The van der Waals surface area contributed by atoms with Gasteiger partial charge in [-0.1, -0.05) is 13.8 Å². The van der Waals surface area contributed by atoms with Crippen molar-refractivity contribution in [3.05, 3.63) is 18.0 Å². The number of ether oxygens (including phenoxy) is 1. The third kappa shape index (κ3) is 1.82. The third-order valence-corrected chi connectivity index (χ3v) is 3.78. The monoisotopic (exact) mass is 283 g/mol. The first-order valence-corrected chi connectivity index (χ1v) is 6.49. The minimum Gasteiger partial charge on any atom is -0.380 e. The largest absolute Gasteiger partial charge is 0.380 e. The second-order valence-electron chi connectivity index (χ2n) is 4.99. The quantitative estimate of drug-likeness (QED) is 0.907. The van der Waals surface area contributed by atoms with Crippen LogP contribution >= 0.6 is 0 Å². The van der Waals surface area contributed by atoms with Crippen LogP contribution in [0.1, 0.15) is 32.1 Å². The number of nitrogens with two attached hydrogens (primary N) is 1. The summed E-state index contributed by atoms with van der Waals surface area (Å²) in [4.78, 5) is 7.40. The number of nitrogens with zero attached hydrogens (tertiary/aromatic N) is 4. The van der Waals surface area contributed by atoms with Gasteiger partial charge in [-0.3, -0.25) is 0 Å². The van der Waals surface area contributed by atoms with E-state index in [9.17, 15) is 8.78 Å². The average Bonchev–Trinajstić information content (AvgIpc) is 2.93. The first kappa shape index (κ1) is 13.2. The van der Waals surface area contributed by atoms with E-state index in [4.69, 9.17) is 10.5 Å². The lowest BCUT2D eigenvalue weighted by atomic mass is 9.97. The number of fused-ring (bicyclic) bond motifs is 1. The molecule has 4 atom stereocenters. The summed E-state index contributed by atoms with van der Waals surface area (Å²) in [6.07, 6.45) is -1.06. The molecular formula is C12H15F2N5O. The van der Waals surface area contributed by atoms with Crippen molar-refractivity contribution in [3.63, 3.8) is 0 Å². The lowest BCUT2D eigenvalue weighted by Crippen LogP contribution is -2.18. The molecule has 8 heteroatoms. The van der Waals surface area contributed by atoms with Gasteiger partial charge in [-0.2, -0.15) is 9.37 Å². The Morgan fingerprint density at radius 2 is 2.25 bits per heavy atom. The van der Waals surface area contributed by atoms with Crippen LogP contribution in [0.2, 0.25) is 0 Å². The summed E-state index contributed by atoms with van der Waals surface area (Å²) in [7, 11) is 0. The topological polar surface area (TPSA) is 78.3 Å². The van der Waals surface area contributed by atoms with E-state index in [1.165, 1.54) is 10.7 Å². The molecule has 0 spiro atoms. The number of halogens is 2. The summed E-state index contributed by atoms with van der Waals surface area (Å²) in [6, 6.07) is 0. The second kappa shape index (κ2) is 4.62. The van der Waals surface area contributed by atoms with Gasteiger partial charge >= 0.3 is 6.08 Å². The Hall–Kier alpha value is -1.83. The maximum atomic E-state index is 14.4. The number of aromatic nitrogens is 4. The predicted octanol–water partition coefficient (Wildman–Crippen LogP) is 1.67. The van der Waals surface area contributed by atoms with Crippen LogP contribution in [-0.4, -0.2) is 31.9 Å². The van der Waals surface area contributed by atoms with Crippen molar-refractivity contribution in [2.75, 3.05) is 5.73 Å². The molecule has 1 saturated heterocycles. The molecule has 0 saturated carbocycles. The molecule has 20 heavy (non-hydrogen) atoms. The SMILES string of the molecule is CC[C@H]1O[C@@H](c2cnc3c(N)nc(F)nn23)[C@H](F)[C@@H]1C. The Bertz CT molecular complexity index is 646. The zero-order chi connectivity index (χ0) is 14.4. The Morgan fingerprint density at radius 1 is 1.50 bits per heavy atom. The zero-order valence-electron chi connectivity index (χ0n) is 11.1. The van der Waals surface area contributed by atoms with Crippen LogP contribution in [0.3, 0.4) is 0 Å². The summed E-state index contributed by atoms with van der Waals surface area (Å²) in [5.74, 6) is -0.322. The Morgan fingerprint density at radius 3 is 2.90 bits per heavy atom. The lowest BCUT2D eigenvalue weighted by molar-refractivity contribution is 0.0195. The molecule has 0 aromatic carbocycles. The molecule has 0 unspecified atom stereocenters. The molecule has 6 nitrogen and oxygen atoms in total. The van der Waals surface area contributed by atoms with Gasteiger partial charge in [0.2, 0.25) is 0 Å². The number of hydrogen-bond acceptors (Lipinski definition) is 5. The molecule has 0 amide bonds. The first-order chi connectivity index (χ1) is 9.52. The summed E-state index contributed by atoms with van der Waals surface area (Å²) in [5.41, 5.74) is 6.12. The van der Waals surface area contributed by atoms with Gasteiger partial charge in [-0.25, -0.2) is 13.9 Å². The highest BCUT2D eigenvalue weighted by atomic mass is 19.1. The van der Waals surface area contributed by atoms with Crippen molar-refractivity contribution in [3.8, 4) is 0 Å². The standard InChI is InChI=1S/C12H15F2N5O/c1-3-7-5(2)8(13)9(20-7)6-4-16-11-10(15)17-12(14)18-19(6)11/h4-5,7-9H,3H2,1-2H3,(H2,15,17,18)/t5-,7-,8-,9+/m1/s1. The fourth-order valence-electron chi connectivity index (χ4n) is 2.66. The van der Waals surface area contributed by atoms with Crippen molar-refractivity contribution >= 4 is 11.5 Å². The molecule has 0 radical (unpaired) electrons. The molecule has 2 N–H and O–H groups in total. The number of imidazole rings is 1.